The van der Waals surface area contributed by atoms with Gasteiger partial charge in [-0.05, 0) is 18.2 Å². The van der Waals surface area contributed by atoms with Crippen molar-refractivity contribution in [3.05, 3.63) is 36.2 Å². The predicted octanol–water partition coefficient (Wildman–Crippen LogP) is 0.535. The molecule has 5 nitrogen and oxygen atoms in total. The Hall–Kier alpha value is -2.17. The van der Waals surface area contributed by atoms with E-state index in [1.807, 2.05) is 0 Å². The summed E-state index contributed by atoms with van der Waals surface area (Å²) >= 11 is 0. The molecule has 2 rings (SSSR count). The molecule has 2 heterocycles. The Morgan fingerprint density at radius 1 is 1.40 bits per heavy atom. The van der Waals surface area contributed by atoms with Crippen molar-refractivity contribution in [1.29, 1.82) is 0 Å². The first kappa shape index (κ1) is 9.39. The molecule has 0 spiro atoms. The van der Waals surface area contributed by atoms with Crippen molar-refractivity contribution in [3.8, 4) is 0 Å². The van der Waals surface area contributed by atoms with Crippen molar-refractivity contribution < 1.29 is 4.79 Å². The maximum Gasteiger partial charge on any atom is 0.253 e. The van der Waals surface area contributed by atoms with Crippen LogP contribution in [0.3, 0.4) is 0 Å². The number of nitrogens with one attached hydrogen (secondary N) is 2. The third-order valence-electron chi connectivity index (χ3n) is 1.94. The summed E-state index contributed by atoms with van der Waals surface area (Å²) in [5.74, 6) is -0.125. The van der Waals surface area contributed by atoms with Crippen LogP contribution < -0.4 is 10.7 Å². The molecule has 0 atom stereocenters. The highest BCUT2D eigenvalue weighted by molar-refractivity contribution is 6.06. The minimum absolute atomic E-state index is 0.125. The quantitative estimate of drug-likeness (QED) is 0.735. The van der Waals surface area contributed by atoms with Crippen LogP contribution in [0.25, 0.3) is 0 Å². The zero-order valence-corrected chi connectivity index (χ0v) is 7.97. The van der Waals surface area contributed by atoms with Crippen LogP contribution in [0.15, 0.2) is 41.3 Å². The first-order chi connectivity index (χ1) is 7.36. The van der Waals surface area contributed by atoms with E-state index in [1.165, 1.54) is 0 Å². The van der Waals surface area contributed by atoms with Gasteiger partial charge in [0.05, 0.1) is 6.54 Å². The monoisotopic (exact) mass is 202 g/mol. The number of aromatic nitrogens is 1. The van der Waals surface area contributed by atoms with Crippen molar-refractivity contribution in [2.75, 3.05) is 11.9 Å². The molecule has 0 bridgehead atoms. The molecule has 2 N–H and O–H groups in total. The number of rotatable bonds is 2. The van der Waals surface area contributed by atoms with E-state index in [-0.39, 0.29) is 5.91 Å². The highest BCUT2D eigenvalue weighted by Gasteiger charge is 2.10. The van der Waals surface area contributed by atoms with Gasteiger partial charge in [-0.2, -0.15) is 5.10 Å². The molecule has 76 valence electrons. The molecule has 1 aromatic heterocycles. The Morgan fingerprint density at radius 3 is 2.87 bits per heavy atom. The molecule has 15 heavy (non-hydrogen) atoms. The molecule has 1 aliphatic rings. The number of allylic oxidation sites excluding steroid dienone is 1. The Balaban J connectivity index is 2.04. The predicted molar refractivity (Wildman–Crippen MR) is 57.4 cm³/mol. The standard InChI is InChI=1S/C10H10N4O/c15-10(8-1-6-12-13-7-8)14-9-2-4-11-5-3-9/h1-6,13H,7H2,(H,11,14,15). The second kappa shape index (κ2) is 4.36. The van der Waals surface area contributed by atoms with Crippen LogP contribution in [-0.4, -0.2) is 23.7 Å². The molecule has 1 amide bonds. The number of hydrogen-bond acceptors (Lipinski definition) is 4. The van der Waals surface area contributed by atoms with Gasteiger partial charge in [-0.3, -0.25) is 9.78 Å². The third-order valence-corrected chi connectivity index (χ3v) is 1.94. The number of hydrazone groups is 1. The highest BCUT2D eigenvalue weighted by Crippen LogP contribution is 2.06. The Labute approximate surface area is 86.9 Å². The minimum Gasteiger partial charge on any atom is -0.322 e. The van der Waals surface area contributed by atoms with Crippen molar-refractivity contribution >= 4 is 17.8 Å². The van der Waals surface area contributed by atoms with Gasteiger partial charge in [-0.15, -0.1) is 0 Å². The van der Waals surface area contributed by atoms with Gasteiger partial charge in [0.1, 0.15) is 0 Å². The number of pyridine rings is 1. The molecule has 0 aliphatic carbocycles. The van der Waals surface area contributed by atoms with Crippen LogP contribution in [0.4, 0.5) is 5.69 Å². The van der Waals surface area contributed by atoms with Gasteiger partial charge < -0.3 is 10.7 Å². The molecule has 0 saturated carbocycles. The lowest BCUT2D eigenvalue weighted by Gasteiger charge is -2.10. The molecule has 5 heteroatoms. The van der Waals surface area contributed by atoms with Crippen LogP contribution in [0, 0.1) is 0 Å². The largest absolute Gasteiger partial charge is 0.322 e. The van der Waals surface area contributed by atoms with E-state index in [2.05, 4.69) is 20.8 Å². The number of anilines is 1. The smallest absolute Gasteiger partial charge is 0.253 e. The van der Waals surface area contributed by atoms with Gasteiger partial charge in [-0.25, -0.2) is 0 Å². The number of carbonyl (C=O) groups is 1. The fraction of sp³-hybridized carbons (Fsp3) is 0.100. The number of nitrogens with zero attached hydrogens (tertiary/aromatic N) is 2. The summed E-state index contributed by atoms with van der Waals surface area (Å²) in [6, 6.07) is 3.48. The molecule has 0 aromatic carbocycles. The molecule has 0 radical (unpaired) electrons. The first-order valence-electron chi connectivity index (χ1n) is 4.53. The summed E-state index contributed by atoms with van der Waals surface area (Å²) in [6.45, 7) is 0.452. The lowest BCUT2D eigenvalue weighted by molar-refractivity contribution is -0.112. The van der Waals surface area contributed by atoms with Gasteiger partial charge in [0, 0.05) is 29.9 Å². The summed E-state index contributed by atoms with van der Waals surface area (Å²) in [4.78, 5) is 15.5. The Bertz CT molecular complexity index is 411. The normalized spacial score (nSPS) is 14.0. The summed E-state index contributed by atoms with van der Waals surface area (Å²) in [5.41, 5.74) is 4.12. The van der Waals surface area contributed by atoms with Crippen LogP contribution in [0.2, 0.25) is 0 Å². The van der Waals surface area contributed by atoms with Gasteiger partial charge in [0.15, 0.2) is 0 Å². The average Bonchev–Trinajstić information content (AvgIpc) is 2.31. The second-order valence-corrected chi connectivity index (χ2v) is 2.99. The van der Waals surface area contributed by atoms with Crippen LogP contribution >= 0.6 is 0 Å². The molecule has 0 unspecified atom stereocenters. The second-order valence-electron chi connectivity index (χ2n) is 2.99. The van der Waals surface area contributed by atoms with Crippen molar-refractivity contribution in [3.63, 3.8) is 0 Å². The molecule has 0 saturated heterocycles. The summed E-state index contributed by atoms with van der Waals surface area (Å²) < 4.78 is 0. The first-order valence-corrected chi connectivity index (χ1v) is 4.53. The van der Waals surface area contributed by atoms with E-state index >= 15 is 0 Å². The van der Waals surface area contributed by atoms with Crippen LogP contribution in [0.5, 0.6) is 0 Å². The highest BCUT2D eigenvalue weighted by atomic mass is 16.1. The summed E-state index contributed by atoms with van der Waals surface area (Å²) in [5, 5.41) is 6.54. The van der Waals surface area contributed by atoms with E-state index in [1.54, 1.807) is 36.8 Å². The maximum atomic E-state index is 11.7. The van der Waals surface area contributed by atoms with Crippen molar-refractivity contribution in [1.82, 2.24) is 10.4 Å². The third kappa shape index (κ3) is 2.40. The lowest BCUT2D eigenvalue weighted by Crippen LogP contribution is -2.24. The topological polar surface area (TPSA) is 66.4 Å². The fourth-order valence-electron chi connectivity index (χ4n) is 1.17. The maximum absolute atomic E-state index is 11.7. The van der Waals surface area contributed by atoms with Gasteiger partial charge in [0.2, 0.25) is 0 Å². The molecule has 0 fully saturated rings. The summed E-state index contributed by atoms with van der Waals surface area (Å²) in [7, 11) is 0. The zero-order valence-electron chi connectivity index (χ0n) is 7.97. The molecular formula is C10H10N4O. The lowest BCUT2D eigenvalue weighted by atomic mass is 10.2. The average molecular weight is 202 g/mol. The number of amides is 1. The summed E-state index contributed by atoms with van der Waals surface area (Å²) in [6.07, 6.45) is 6.51. The molecular weight excluding hydrogens is 192 g/mol. The van der Waals surface area contributed by atoms with Gasteiger partial charge in [0.25, 0.3) is 5.91 Å². The van der Waals surface area contributed by atoms with Gasteiger partial charge in [-0.1, -0.05) is 0 Å². The van der Waals surface area contributed by atoms with Crippen molar-refractivity contribution in [2.24, 2.45) is 5.10 Å². The van der Waals surface area contributed by atoms with Crippen molar-refractivity contribution in [2.45, 2.75) is 0 Å². The zero-order chi connectivity index (χ0) is 10.5. The number of carbonyl (C=O) groups excluding carboxylic acids is 1. The number of hydrogen-bond donors (Lipinski definition) is 2. The minimum atomic E-state index is -0.125. The van der Waals surface area contributed by atoms with E-state index < -0.39 is 0 Å². The van der Waals surface area contributed by atoms with E-state index in [0.717, 1.165) is 5.69 Å². The molecule has 1 aliphatic heterocycles. The van der Waals surface area contributed by atoms with E-state index in [0.29, 0.717) is 12.1 Å². The van der Waals surface area contributed by atoms with E-state index in [4.69, 9.17) is 0 Å². The van der Waals surface area contributed by atoms with E-state index in [9.17, 15) is 4.79 Å². The molecule has 1 aromatic rings. The Kier molecular flexibility index (Phi) is 2.73. The van der Waals surface area contributed by atoms with Crippen LogP contribution in [0.1, 0.15) is 0 Å². The Morgan fingerprint density at radius 2 is 2.20 bits per heavy atom. The SMILES string of the molecule is O=C(Nc1ccncc1)C1=CC=NNC1. The van der Waals surface area contributed by atoms with Crippen LogP contribution in [-0.2, 0) is 4.79 Å². The van der Waals surface area contributed by atoms with Gasteiger partial charge >= 0.3 is 0 Å². The fourth-order valence-corrected chi connectivity index (χ4v) is 1.17.